The van der Waals surface area contributed by atoms with Crippen LogP contribution in [0.1, 0.15) is 52.4 Å². The van der Waals surface area contributed by atoms with Crippen molar-refractivity contribution < 1.29 is 14.7 Å². The first-order chi connectivity index (χ1) is 11.0. The van der Waals surface area contributed by atoms with Gasteiger partial charge in [-0.15, -0.1) is 0 Å². The predicted molar refractivity (Wildman–Crippen MR) is 88.0 cm³/mol. The summed E-state index contributed by atoms with van der Waals surface area (Å²) in [6, 6.07) is -0.623. The number of hydrogen-bond donors (Lipinski definition) is 1. The molecular formula is C17H31N2O4-. The van der Waals surface area contributed by atoms with E-state index >= 15 is 0 Å². The van der Waals surface area contributed by atoms with Gasteiger partial charge in [-0.3, -0.25) is 14.9 Å². The van der Waals surface area contributed by atoms with Crippen LogP contribution < -0.4 is 0 Å². The second-order valence-corrected chi connectivity index (χ2v) is 6.99. The Morgan fingerprint density at radius 3 is 2.78 bits per heavy atom. The molecule has 2 aliphatic rings. The molecule has 23 heavy (non-hydrogen) atoms. The largest absolute Gasteiger partial charge is 0.762 e. The molecule has 1 aliphatic heterocycles. The molecule has 1 aliphatic carbocycles. The molecule has 1 saturated heterocycles. The van der Waals surface area contributed by atoms with Gasteiger partial charge in [0.1, 0.15) is 5.78 Å². The Bertz CT molecular complexity index is 378. The van der Waals surface area contributed by atoms with Crippen LogP contribution in [0.5, 0.6) is 0 Å². The maximum Gasteiger partial charge on any atom is 0.149 e. The quantitative estimate of drug-likeness (QED) is 0.724. The molecule has 0 aromatic carbocycles. The molecule has 0 aromatic heterocycles. The Labute approximate surface area is 139 Å². The van der Waals surface area contributed by atoms with Gasteiger partial charge < -0.3 is 15.2 Å². The highest BCUT2D eigenvalue weighted by Crippen LogP contribution is 2.30. The topological polar surface area (TPSA) is 76.1 Å². The Morgan fingerprint density at radius 1 is 1.35 bits per heavy atom. The number of likely N-dealkylation sites (tertiary alicyclic amines) is 1. The smallest absolute Gasteiger partial charge is 0.149 e. The van der Waals surface area contributed by atoms with E-state index < -0.39 is 6.04 Å². The van der Waals surface area contributed by atoms with Gasteiger partial charge in [-0.2, -0.15) is 0 Å². The minimum atomic E-state index is -0.623. The summed E-state index contributed by atoms with van der Waals surface area (Å²) in [7, 11) is 0. The molecule has 6 heteroatoms. The number of piperidine rings is 1. The molecule has 0 bridgehead atoms. The number of Topliss-reactive ketones (excluding diaryl/α,β-unsaturated/α-hetero) is 1. The normalized spacial score (nSPS) is 33.1. The fourth-order valence-corrected chi connectivity index (χ4v) is 4.03. The fourth-order valence-electron chi connectivity index (χ4n) is 4.03. The Kier molecular flexibility index (Phi) is 7.43. The van der Waals surface area contributed by atoms with Crippen molar-refractivity contribution in [1.29, 1.82) is 0 Å². The highest BCUT2D eigenvalue weighted by Gasteiger charge is 2.35. The summed E-state index contributed by atoms with van der Waals surface area (Å²) in [6.07, 6.45) is 5.13. The van der Waals surface area contributed by atoms with Crippen LogP contribution in [0.15, 0.2) is 0 Å². The lowest BCUT2D eigenvalue weighted by atomic mass is 9.81. The maximum absolute atomic E-state index is 12.6. The molecule has 1 saturated carbocycles. The lowest BCUT2D eigenvalue weighted by Gasteiger charge is -2.42. The number of carbonyl (C=O) groups excluding carboxylic acids is 1. The van der Waals surface area contributed by atoms with E-state index in [0.29, 0.717) is 31.9 Å². The molecule has 4 unspecified atom stereocenters. The van der Waals surface area contributed by atoms with Crippen molar-refractivity contribution in [3.63, 3.8) is 0 Å². The maximum atomic E-state index is 12.6. The molecule has 1 heterocycles. The second-order valence-electron chi connectivity index (χ2n) is 6.99. The third-order valence-electron chi connectivity index (χ3n) is 5.43. The van der Waals surface area contributed by atoms with Crippen molar-refractivity contribution in [3.8, 4) is 0 Å². The Morgan fingerprint density at radius 2 is 2.13 bits per heavy atom. The number of carbonyl (C=O) groups is 1. The molecule has 6 nitrogen and oxygen atoms in total. The number of ketones is 1. The van der Waals surface area contributed by atoms with Gasteiger partial charge in [-0.25, -0.2) is 0 Å². The van der Waals surface area contributed by atoms with Crippen molar-refractivity contribution in [3.05, 3.63) is 5.21 Å². The number of nitrogens with zero attached hydrogens (tertiary/aromatic N) is 2. The van der Waals surface area contributed by atoms with Crippen LogP contribution in [0.3, 0.4) is 0 Å². The van der Waals surface area contributed by atoms with E-state index in [9.17, 15) is 15.2 Å². The van der Waals surface area contributed by atoms with E-state index in [1.54, 1.807) is 0 Å². The summed E-state index contributed by atoms with van der Waals surface area (Å²) in [5.41, 5.74) is 0. The van der Waals surface area contributed by atoms with E-state index in [1.165, 1.54) is 12.8 Å². The molecule has 0 radical (unpaired) electrons. The van der Waals surface area contributed by atoms with Gasteiger partial charge in [-0.1, -0.05) is 13.3 Å². The zero-order chi connectivity index (χ0) is 16.8. The van der Waals surface area contributed by atoms with Gasteiger partial charge >= 0.3 is 0 Å². The minimum Gasteiger partial charge on any atom is -0.762 e. The van der Waals surface area contributed by atoms with Gasteiger partial charge in [0.25, 0.3) is 0 Å². The molecule has 1 N–H and O–H groups in total. The van der Waals surface area contributed by atoms with Crippen LogP contribution in [-0.4, -0.2) is 59.5 Å². The zero-order valence-electron chi connectivity index (χ0n) is 14.4. The number of hydrogen-bond acceptors (Lipinski definition) is 6. The average Bonchev–Trinajstić information content (AvgIpc) is 2.55. The van der Waals surface area contributed by atoms with E-state index in [1.807, 2.05) is 6.92 Å². The van der Waals surface area contributed by atoms with Gasteiger partial charge in [-0.05, 0) is 51.5 Å². The van der Waals surface area contributed by atoms with Gasteiger partial charge in [0.05, 0.1) is 12.6 Å². The molecule has 2 fully saturated rings. The Hall–Kier alpha value is -0.530. The van der Waals surface area contributed by atoms with Crippen LogP contribution >= 0.6 is 0 Å². The molecule has 4 atom stereocenters. The molecule has 2 rings (SSSR count). The van der Waals surface area contributed by atoms with Crippen LogP contribution in [0.4, 0.5) is 0 Å². The van der Waals surface area contributed by atoms with Crippen molar-refractivity contribution in [2.45, 2.75) is 64.5 Å². The minimum absolute atomic E-state index is 0.00618. The zero-order valence-corrected chi connectivity index (χ0v) is 14.4. The van der Waals surface area contributed by atoms with E-state index in [-0.39, 0.29) is 23.0 Å². The molecule has 0 spiro atoms. The number of ether oxygens (including phenoxy) is 1. The van der Waals surface area contributed by atoms with Crippen molar-refractivity contribution in [1.82, 2.24) is 10.1 Å². The van der Waals surface area contributed by atoms with Crippen LogP contribution in [-0.2, 0) is 9.53 Å². The van der Waals surface area contributed by atoms with Crippen LogP contribution in [0.2, 0.25) is 0 Å². The number of rotatable bonds is 7. The standard InChI is InChI=1S/C17H31N2O4/c1-3-13-6-5-9-18(11-13)12-16(20)14-7-8-17(23-4-2)15(10-14)19(21)22/h13-15,17,21H,3-12H2,1-2H3/q-1. The van der Waals surface area contributed by atoms with Gasteiger partial charge in [0.15, 0.2) is 0 Å². The second kappa shape index (κ2) is 9.08. The van der Waals surface area contributed by atoms with Crippen LogP contribution in [0, 0.1) is 17.0 Å². The van der Waals surface area contributed by atoms with Crippen molar-refractivity contribution >= 4 is 5.78 Å². The average molecular weight is 327 g/mol. The lowest BCUT2D eigenvalue weighted by Crippen LogP contribution is -2.48. The first kappa shape index (κ1) is 18.8. The highest BCUT2D eigenvalue weighted by molar-refractivity contribution is 5.83. The van der Waals surface area contributed by atoms with E-state index in [2.05, 4.69) is 11.8 Å². The van der Waals surface area contributed by atoms with E-state index in [0.717, 1.165) is 25.9 Å². The molecule has 134 valence electrons. The Balaban J connectivity index is 1.87. The first-order valence-electron chi connectivity index (χ1n) is 9.07. The summed E-state index contributed by atoms with van der Waals surface area (Å²) >= 11 is 0. The van der Waals surface area contributed by atoms with Crippen molar-refractivity contribution in [2.75, 3.05) is 26.2 Å². The molecule has 0 amide bonds. The van der Waals surface area contributed by atoms with E-state index in [4.69, 9.17) is 4.74 Å². The van der Waals surface area contributed by atoms with Gasteiger partial charge in [0, 0.05) is 25.1 Å². The summed E-state index contributed by atoms with van der Waals surface area (Å²) in [6.45, 7) is 7.08. The third kappa shape index (κ3) is 5.22. The number of hydroxylamine groups is 2. The fraction of sp³-hybridized carbons (Fsp3) is 0.941. The first-order valence-corrected chi connectivity index (χ1v) is 9.07. The summed E-state index contributed by atoms with van der Waals surface area (Å²) < 4.78 is 5.54. The summed E-state index contributed by atoms with van der Waals surface area (Å²) in [5, 5.41) is 20.7. The monoisotopic (exact) mass is 327 g/mol. The molecular weight excluding hydrogens is 296 g/mol. The lowest BCUT2D eigenvalue weighted by molar-refractivity contribution is -0.152. The predicted octanol–water partition coefficient (Wildman–Crippen LogP) is 2.44. The summed E-state index contributed by atoms with van der Waals surface area (Å²) in [4.78, 5) is 14.9. The summed E-state index contributed by atoms with van der Waals surface area (Å²) in [5.74, 6) is 0.776. The van der Waals surface area contributed by atoms with Gasteiger partial charge in [0.2, 0.25) is 0 Å². The highest BCUT2D eigenvalue weighted by atomic mass is 16.8. The SMILES string of the molecule is CCOC1CCC(C(=O)CN2CCCC(CC)C2)CC1N([O-])O. The van der Waals surface area contributed by atoms with Crippen LogP contribution in [0.25, 0.3) is 0 Å². The van der Waals surface area contributed by atoms with Crippen molar-refractivity contribution in [2.24, 2.45) is 11.8 Å². The third-order valence-corrected chi connectivity index (χ3v) is 5.43. The molecule has 0 aromatic rings.